The minimum absolute atomic E-state index is 0.135. The second-order valence-electron chi connectivity index (χ2n) is 9.32. The Labute approximate surface area is 200 Å². The van der Waals surface area contributed by atoms with Gasteiger partial charge in [-0.1, -0.05) is 42.5 Å². The molecule has 1 aliphatic heterocycles. The van der Waals surface area contributed by atoms with Crippen molar-refractivity contribution in [1.82, 2.24) is 10.2 Å². The molecule has 0 aliphatic carbocycles. The van der Waals surface area contributed by atoms with Crippen molar-refractivity contribution < 1.29 is 29.3 Å². The molecule has 0 saturated carbocycles. The van der Waals surface area contributed by atoms with Crippen molar-refractivity contribution in [2.75, 3.05) is 13.1 Å². The van der Waals surface area contributed by atoms with Crippen LogP contribution in [0.15, 0.2) is 54.6 Å². The molecule has 0 spiro atoms. The quantitative estimate of drug-likeness (QED) is 0.553. The van der Waals surface area contributed by atoms with E-state index in [9.17, 15) is 4.79 Å². The number of rotatable bonds is 6. The summed E-state index contributed by atoms with van der Waals surface area (Å²) in [4.78, 5) is 33.0. The van der Waals surface area contributed by atoms with Gasteiger partial charge in [-0.3, -0.25) is 9.69 Å². The van der Waals surface area contributed by atoms with E-state index >= 15 is 0 Å². The number of benzene rings is 2. The number of ether oxygens (including phenoxy) is 1. The summed E-state index contributed by atoms with van der Waals surface area (Å²) in [5, 5.41) is 17.9. The van der Waals surface area contributed by atoms with Crippen molar-refractivity contribution in [2.45, 2.75) is 52.3 Å². The largest absolute Gasteiger partial charge is 0.489 e. The molecule has 0 unspecified atom stereocenters. The summed E-state index contributed by atoms with van der Waals surface area (Å²) in [6, 6.07) is 18.6. The molecule has 0 bridgehead atoms. The first kappa shape index (κ1) is 26.9. The monoisotopic (exact) mass is 470 g/mol. The van der Waals surface area contributed by atoms with Crippen molar-refractivity contribution in [3.05, 3.63) is 65.7 Å². The predicted molar refractivity (Wildman–Crippen MR) is 128 cm³/mol. The second-order valence-corrected chi connectivity index (χ2v) is 9.32. The smallest absolute Gasteiger partial charge is 0.414 e. The fourth-order valence-corrected chi connectivity index (χ4v) is 3.56. The average Bonchev–Trinajstić information content (AvgIpc) is 2.78. The van der Waals surface area contributed by atoms with Crippen LogP contribution in [0.5, 0.6) is 5.75 Å². The number of aliphatic carboxylic acids is 2. The summed E-state index contributed by atoms with van der Waals surface area (Å²) < 4.78 is 5.95. The summed E-state index contributed by atoms with van der Waals surface area (Å²) in [5.41, 5.74) is 2.26. The van der Waals surface area contributed by atoms with E-state index in [0.717, 1.165) is 38.2 Å². The molecule has 0 aromatic heterocycles. The van der Waals surface area contributed by atoms with Gasteiger partial charge < -0.3 is 20.3 Å². The lowest BCUT2D eigenvalue weighted by Crippen LogP contribution is -2.46. The Balaban J connectivity index is 0.000000604. The van der Waals surface area contributed by atoms with E-state index in [-0.39, 0.29) is 17.4 Å². The van der Waals surface area contributed by atoms with Gasteiger partial charge in [0.25, 0.3) is 0 Å². The molecule has 2 aromatic carbocycles. The molecule has 0 atom stereocenters. The highest BCUT2D eigenvalue weighted by molar-refractivity contribution is 6.27. The number of nitrogens with zero attached hydrogens (tertiary/aromatic N) is 1. The maximum atomic E-state index is 12.4. The molecule has 184 valence electrons. The van der Waals surface area contributed by atoms with Gasteiger partial charge in [-0.05, 0) is 70.0 Å². The number of carbonyl (C=O) groups excluding carboxylic acids is 1. The molecular formula is C26H34N2O6. The zero-order chi connectivity index (χ0) is 25.1. The minimum atomic E-state index is -1.82. The number of carbonyl (C=O) groups is 3. The van der Waals surface area contributed by atoms with Gasteiger partial charge in [0.15, 0.2) is 0 Å². The van der Waals surface area contributed by atoms with E-state index in [0.29, 0.717) is 6.61 Å². The standard InChI is InChI=1S/C24H32N2O2.C2H2O4/c1-24(2,3)25-23(27)21-12-14-26(15-13-21)17-20-10-7-11-22(16-20)28-18-19-8-5-4-6-9-19;3-1(4)2(5)6/h4-11,16,21H,12-15,17-18H2,1-3H3,(H,25,27);(H,3,4)(H,5,6). The molecule has 1 saturated heterocycles. The fraction of sp³-hybridized carbons (Fsp3) is 0.423. The third kappa shape index (κ3) is 10.0. The van der Waals surface area contributed by atoms with Crippen molar-refractivity contribution in [3.63, 3.8) is 0 Å². The van der Waals surface area contributed by atoms with Gasteiger partial charge in [0.2, 0.25) is 5.91 Å². The van der Waals surface area contributed by atoms with Gasteiger partial charge in [-0.2, -0.15) is 0 Å². The van der Waals surface area contributed by atoms with Crippen LogP contribution in [-0.4, -0.2) is 51.6 Å². The van der Waals surface area contributed by atoms with Crippen LogP contribution >= 0.6 is 0 Å². The molecule has 3 N–H and O–H groups in total. The van der Waals surface area contributed by atoms with E-state index in [1.54, 1.807) is 0 Å². The third-order valence-corrected chi connectivity index (χ3v) is 5.19. The van der Waals surface area contributed by atoms with Gasteiger partial charge in [0, 0.05) is 18.0 Å². The van der Waals surface area contributed by atoms with Crippen LogP contribution in [-0.2, 0) is 27.5 Å². The van der Waals surface area contributed by atoms with Crippen molar-refractivity contribution in [1.29, 1.82) is 0 Å². The van der Waals surface area contributed by atoms with Crippen LogP contribution < -0.4 is 10.1 Å². The van der Waals surface area contributed by atoms with Gasteiger partial charge in [0.1, 0.15) is 12.4 Å². The number of hydrogen-bond donors (Lipinski definition) is 3. The number of nitrogens with one attached hydrogen (secondary N) is 1. The number of carboxylic acid groups (broad SMARTS) is 2. The zero-order valence-electron chi connectivity index (χ0n) is 20.0. The summed E-state index contributed by atoms with van der Waals surface area (Å²) in [6.07, 6.45) is 1.85. The Morgan fingerprint density at radius 1 is 0.941 bits per heavy atom. The fourth-order valence-electron chi connectivity index (χ4n) is 3.56. The molecule has 3 rings (SSSR count). The van der Waals surface area contributed by atoms with Gasteiger partial charge >= 0.3 is 11.9 Å². The van der Waals surface area contributed by atoms with Crippen molar-refractivity contribution >= 4 is 17.8 Å². The Hall–Kier alpha value is -3.39. The summed E-state index contributed by atoms with van der Waals surface area (Å²) in [6.45, 7) is 9.50. The average molecular weight is 471 g/mol. The van der Waals surface area contributed by atoms with E-state index in [4.69, 9.17) is 24.5 Å². The summed E-state index contributed by atoms with van der Waals surface area (Å²) in [7, 11) is 0. The lowest BCUT2D eigenvalue weighted by Gasteiger charge is -2.33. The van der Waals surface area contributed by atoms with Crippen LogP contribution in [0.4, 0.5) is 0 Å². The minimum Gasteiger partial charge on any atom is -0.489 e. The first-order valence-corrected chi connectivity index (χ1v) is 11.3. The van der Waals surface area contributed by atoms with Gasteiger partial charge in [-0.15, -0.1) is 0 Å². The van der Waals surface area contributed by atoms with E-state index < -0.39 is 11.9 Å². The number of likely N-dealkylation sites (tertiary alicyclic amines) is 1. The van der Waals surface area contributed by atoms with Crippen LogP contribution in [0.1, 0.15) is 44.7 Å². The number of carboxylic acids is 2. The molecule has 1 heterocycles. The number of hydrogen-bond acceptors (Lipinski definition) is 5. The molecule has 8 nitrogen and oxygen atoms in total. The lowest BCUT2D eigenvalue weighted by molar-refractivity contribution is -0.159. The first-order valence-electron chi connectivity index (χ1n) is 11.3. The molecule has 1 aliphatic rings. The van der Waals surface area contributed by atoms with Gasteiger partial charge in [0.05, 0.1) is 0 Å². The molecule has 8 heteroatoms. The zero-order valence-corrected chi connectivity index (χ0v) is 20.0. The molecule has 34 heavy (non-hydrogen) atoms. The highest BCUT2D eigenvalue weighted by Gasteiger charge is 2.27. The highest BCUT2D eigenvalue weighted by Crippen LogP contribution is 2.22. The Morgan fingerprint density at radius 3 is 2.09 bits per heavy atom. The Bertz CT molecular complexity index is 935. The molecular weight excluding hydrogens is 436 g/mol. The molecule has 1 fully saturated rings. The lowest BCUT2D eigenvalue weighted by atomic mass is 9.94. The maximum Gasteiger partial charge on any atom is 0.414 e. The van der Waals surface area contributed by atoms with Crippen LogP contribution in [0.3, 0.4) is 0 Å². The number of piperidine rings is 1. The van der Waals surface area contributed by atoms with Crippen LogP contribution in [0, 0.1) is 5.92 Å². The maximum absolute atomic E-state index is 12.4. The van der Waals surface area contributed by atoms with Crippen molar-refractivity contribution in [3.8, 4) is 5.75 Å². The van der Waals surface area contributed by atoms with E-state index in [1.807, 2.05) is 45.0 Å². The van der Waals surface area contributed by atoms with E-state index in [2.05, 4.69) is 40.5 Å². The van der Waals surface area contributed by atoms with E-state index in [1.165, 1.54) is 11.1 Å². The Morgan fingerprint density at radius 2 is 1.53 bits per heavy atom. The normalized spacial score (nSPS) is 14.4. The summed E-state index contributed by atoms with van der Waals surface area (Å²) in [5.74, 6) is -2.41. The Kier molecular flexibility index (Phi) is 10.1. The first-order chi connectivity index (χ1) is 16.0. The molecule has 0 radical (unpaired) electrons. The molecule has 1 amide bonds. The van der Waals surface area contributed by atoms with Crippen LogP contribution in [0.25, 0.3) is 0 Å². The predicted octanol–water partition coefficient (Wildman–Crippen LogP) is 3.55. The summed E-state index contributed by atoms with van der Waals surface area (Å²) >= 11 is 0. The van der Waals surface area contributed by atoms with Crippen LogP contribution in [0.2, 0.25) is 0 Å². The molecule has 2 aromatic rings. The van der Waals surface area contributed by atoms with Gasteiger partial charge in [-0.25, -0.2) is 9.59 Å². The SMILES string of the molecule is CC(C)(C)NC(=O)C1CCN(Cc2cccc(OCc3ccccc3)c2)CC1.O=C(O)C(=O)O. The topological polar surface area (TPSA) is 116 Å². The number of amides is 1. The third-order valence-electron chi connectivity index (χ3n) is 5.19. The second kappa shape index (κ2) is 12.7. The highest BCUT2D eigenvalue weighted by atomic mass is 16.5. The van der Waals surface area contributed by atoms with Crippen molar-refractivity contribution in [2.24, 2.45) is 5.92 Å².